The number of thiophene rings is 1. The summed E-state index contributed by atoms with van der Waals surface area (Å²) in [6.45, 7) is 0.423. The van der Waals surface area contributed by atoms with Crippen molar-refractivity contribution in [3.8, 4) is 16.2 Å². The topological polar surface area (TPSA) is 75.7 Å². The monoisotopic (exact) mass is 414 g/mol. The number of rotatable bonds is 4. The van der Waals surface area contributed by atoms with Crippen molar-refractivity contribution < 1.29 is 17.9 Å². The number of amides is 1. The Morgan fingerprint density at radius 3 is 2.68 bits per heavy atom. The molecule has 0 fully saturated rings. The third kappa shape index (κ3) is 3.30. The molecule has 1 aliphatic heterocycles. The van der Waals surface area contributed by atoms with Gasteiger partial charge in [0.05, 0.1) is 9.77 Å². The van der Waals surface area contributed by atoms with Gasteiger partial charge in [-0.1, -0.05) is 18.2 Å². The number of hydrogen-bond acceptors (Lipinski definition) is 5. The summed E-state index contributed by atoms with van der Waals surface area (Å²) in [6.07, 6.45) is 0. The number of carbonyl (C=O) groups excluding carboxylic acids is 1. The highest BCUT2D eigenvalue weighted by molar-refractivity contribution is 7.89. The van der Waals surface area contributed by atoms with E-state index < -0.39 is 10.0 Å². The number of nitrogens with zero attached hydrogens (tertiary/aromatic N) is 1. The third-order valence-corrected chi connectivity index (χ3v) is 7.44. The number of ether oxygens (including phenoxy) is 1. The van der Waals surface area contributed by atoms with Crippen LogP contribution in [0.3, 0.4) is 0 Å². The van der Waals surface area contributed by atoms with Crippen molar-refractivity contribution in [2.24, 2.45) is 0 Å². The predicted octanol–water partition coefficient (Wildman–Crippen LogP) is 3.81. The molecular weight excluding hydrogens is 396 g/mol. The molecule has 4 rings (SSSR count). The fourth-order valence-corrected chi connectivity index (χ4v) is 4.99. The predicted molar refractivity (Wildman–Crippen MR) is 109 cm³/mol. The van der Waals surface area contributed by atoms with Gasteiger partial charge >= 0.3 is 0 Å². The molecule has 0 bridgehead atoms. The van der Waals surface area contributed by atoms with Gasteiger partial charge in [-0.25, -0.2) is 12.7 Å². The van der Waals surface area contributed by atoms with Crippen LogP contribution in [0.4, 0.5) is 5.69 Å². The number of sulfonamides is 1. The molecular formula is C20H18N2O4S2. The lowest BCUT2D eigenvalue weighted by molar-refractivity contribution is 0.103. The molecule has 6 nitrogen and oxygen atoms in total. The molecule has 0 atom stereocenters. The van der Waals surface area contributed by atoms with E-state index in [-0.39, 0.29) is 10.8 Å². The largest absolute Gasteiger partial charge is 0.488 e. The molecule has 8 heteroatoms. The van der Waals surface area contributed by atoms with Gasteiger partial charge in [0.1, 0.15) is 12.4 Å². The number of nitrogens with one attached hydrogen (secondary N) is 1. The van der Waals surface area contributed by atoms with Crippen molar-refractivity contribution in [2.75, 3.05) is 19.4 Å². The molecule has 1 amide bonds. The quantitative estimate of drug-likeness (QED) is 0.704. The second kappa shape index (κ2) is 7.05. The van der Waals surface area contributed by atoms with Crippen molar-refractivity contribution in [1.29, 1.82) is 0 Å². The van der Waals surface area contributed by atoms with E-state index in [0.29, 0.717) is 17.2 Å². The first-order valence-electron chi connectivity index (χ1n) is 8.55. The van der Waals surface area contributed by atoms with Crippen LogP contribution in [0.2, 0.25) is 0 Å². The maximum absolute atomic E-state index is 12.7. The van der Waals surface area contributed by atoms with Crippen LogP contribution in [0.1, 0.15) is 15.2 Å². The summed E-state index contributed by atoms with van der Waals surface area (Å²) >= 11 is 1.40. The van der Waals surface area contributed by atoms with Crippen molar-refractivity contribution in [1.82, 2.24) is 4.31 Å². The number of fused-ring (bicyclic) bond motifs is 3. The Bertz CT molecular complexity index is 1170. The van der Waals surface area contributed by atoms with Crippen LogP contribution in [0.25, 0.3) is 10.4 Å². The maximum atomic E-state index is 12.7. The zero-order valence-electron chi connectivity index (χ0n) is 15.3. The second-order valence-corrected chi connectivity index (χ2v) is 9.72. The lowest BCUT2D eigenvalue weighted by Crippen LogP contribution is -2.22. The van der Waals surface area contributed by atoms with Crippen LogP contribution in [0.15, 0.2) is 59.5 Å². The maximum Gasteiger partial charge on any atom is 0.265 e. The van der Waals surface area contributed by atoms with E-state index in [0.717, 1.165) is 26.1 Å². The Morgan fingerprint density at radius 2 is 1.89 bits per heavy atom. The molecule has 0 radical (unpaired) electrons. The summed E-state index contributed by atoms with van der Waals surface area (Å²) in [6, 6.07) is 15.8. The van der Waals surface area contributed by atoms with Gasteiger partial charge in [-0.3, -0.25) is 4.79 Å². The Labute approximate surface area is 167 Å². The molecule has 2 heterocycles. The van der Waals surface area contributed by atoms with Gasteiger partial charge in [0, 0.05) is 35.8 Å². The van der Waals surface area contributed by atoms with Crippen LogP contribution >= 0.6 is 11.3 Å². The van der Waals surface area contributed by atoms with Gasteiger partial charge < -0.3 is 10.1 Å². The molecule has 0 unspecified atom stereocenters. The van der Waals surface area contributed by atoms with E-state index in [1.165, 1.54) is 37.6 Å². The van der Waals surface area contributed by atoms with Gasteiger partial charge in [0.2, 0.25) is 10.0 Å². The zero-order valence-corrected chi connectivity index (χ0v) is 16.9. The van der Waals surface area contributed by atoms with Gasteiger partial charge in [-0.05, 0) is 36.4 Å². The molecule has 1 aliphatic rings. The number of para-hydroxylation sites is 1. The lowest BCUT2D eigenvalue weighted by atomic mass is 10.1. The molecule has 0 saturated heterocycles. The minimum atomic E-state index is -3.57. The average molecular weight is 415 g/mol. The van der Waals surface area contributed by atoms with Crippen molar-refractivity contribution in [3.05, 3.63) is 65.0 Å². The van der Waals surface area contributed by atoms with Crippen LogP contribution in [-0.2, 0) is 16.6 Å². The minimum absolute atomic E-state index is 0.128. The molecule has 1 N–H and O–H groups in total. The Hall–Kier alpha value is -2.68. The first-order valence-corrected chi connectivity index (χ1v) is 10.8. The number of carbonyl (C=O) groups is 1. The third-order valence-electron chi connectivity index (χ3n) is 4.42. The minimum Gasteiger partial charge on any atom is -0.488 e. The summed E-state index contributed by atoms with van der Waals surface area (Å²) in [7, 11) is -0.630. The molecule has 0 spiro atoms. The first kappa shape index (κ1) is 18.7. The van der Waals surface area contributed by atoms with Crippen LogP contribution in [0, 0.1) is 0 Å². The second-order valence-electron chi connectivity index (χ2n) is 6.52. The van der Waals surface area contributed by atoms with Gasteiger partial charge in [-0.2, -0.15) is 0 Å². The molecule has 0 aliphatic carbocycles. The average Bonchev–Trinajstić information content (AvgIpc) is 3.13. The lowest BCUT2D eigenvalue weighted by Gasteiger charge is -2.16. The van der Waals surface area contributed by atoms with E-state index in [4.69, 9.17) is 4.74 Å². The van der Waals surface area contributed by atoms with Gasteiger partial charge in [0.25, 0.3) is 5.91 Å². The van der Waals surface area contributed by atoms with E-state index >= 15 is 0 Å². The highest BCUT2D eigenvalue weighted by Crippen LogP contribution is 2.42. The summed E-state index contributed by atoms with van der Waals surface area (Å²) < 4.78 is 31.5. The fourth-order valence-electron chi connectivity index (χ4n) is 2.95. The smallest absolute Gasteiger partial charge is 0.265 e. The van der Waals surface area contributed by atoms with Crippen LogP contribution in [-0.4, -0.2) is 32.7 Å². The van der Waals surface area contributed by atoms with Gasteiger partial charge in [-0.15, -0.1) is 11.3 Å². The normalized spacial score (nSPS) is 12.8. The SMILES string of the molecule is CN(C)S(=O)(=O)c1cccc(NC(=O)c2cc3c(s2)-c2ccccc2OC3)c1. The molecule has 3 aromatic rings. The summed E-state index contributed by atoms with van der Waals surface area (Å²) in [5, 5.41) is 2.79. The highest BCUT2D eigenvalue weighted by Gasteiger charge is 2.23. The number of anilines is 1. The Balaban J connectivity index is 1.61. The molecule has 1 aromatic heterocycles. The first-order chi connectivity index (χ1) is 13.4. The van der Waals surface area contributed by atoms with Crippen LogP contribution in [0.5, 0.6) is 5.75 Å². The van der Waals surface area contributed by atoms with Crippen molar-refractivity contribution >= 4 is 33.0 Å². The van der Waals surface area contributed by atoms with E-state index in [1.807, 2.05) is 30.3 Å². The highest BCUT2D eigenvalue weighted by atomic mass is 32.2. The van der Waals surface area contributed by atoms with Gasteiger partial charge in [0.15, 0.2) is 0 Å². The fraction of sp³-hybridized carbons (Fsp3) is 0.150. The summed E-state index contributed by atoms with van der Waals surface area (Å²) in [4.78, 5) is 14.4. The zero-order chi connectivity index (χ0) is 19.9. The Morgan fingerprint density at radius 1 is 1.11 bits per heavy atom. The molecule has 28 heavy (non-hydrogen) atoms. The molecule has 0 saturated carbocycles. The molecule has 2 aromatic carbocycles. The van der Waals surface area contributed by atoms with E-state index in [2.05, 4.69) is 5.32 Å². The van der Waals surface area contributed by atoms with E-state index in [1.54, 1.807) is 12.1 Å². The Kier molecular flexibility index (Phi) is 4.70. The summed E-state index contributed by atoms with van der Waals surface area (Å²) in [5.41, 5.74) is 2.38. The van der Waals surface area contributed by atoms with E-state index in [9.17, 15) is 13.2 Å². The number of benzene rings is 2. The van der Waals surface area contributed by atoms with Crippen molar-refractivity contribution in [3.63, 3.8) is 0 Å². The number of hydrogen-bond donors (Lipinski definition) is 1. The van der Waals surface area contributed by atoms with Crippen LogP contribution < -0.4 is 10.1 Å². The molecule has 144 valence electrons. The van der Waals surface area contributed by atoms with Crippen molar-refractivity contribution in [2.45, 2.75) is 11.5 Å². The summed E-state index contributed by atoms with van der Waals surface area (Å²) in [5.74, 6) is 0.529. The standard InChI is InChI=1S/C20H18N2O4S2/c1-22(2)28(24,25)15-7-5-6-14(11-15)21-20(23)18-10-13-12-26-17-9-4-3-8-16(17)19(13)27-18/h3-11H,12H2,1-2H3,(H,21,23).